The van der Waals surface area contributed by atoms with E-state index in [-0.39, 0.29) is 6.03 Å². The molecule has 2 amide bonds. The molecule has 2 aromatic rings. The van der Waals surface area contributed by atoms with Crippen LogP contribution < -0.4 is 4.90 Å². The molecule has 0 heterocycles. The topological polar surface area (TPSA) is 23.6 Å². The van der Waals surface area contributed by atoms with Crippen LogP contribution in [0.25, 0.3) is 0 Å². The summed E-state index contributed by atoms with van der Waals surface area (Å²) in [6.45, 7) is 0.672. The maximum Gasteiger partial charge on any atom is 0.323 e. The minimum Gasteiger partial charge on any atom is -0.330 e. The molecule has 0 radical (unpaired) electrons. The minimum absolute atomic E-state index is 0.00660. The summed E-state index contributed by atoms with van der Waals surface area (Å²) in [4.78, 5) is 15.7. The van der Waals surface area contributed by atoms with Crippen molar-refractivity contribution in [2.24, 2.45) is 0 Å². The van der Waals surface area contributed by atoms with E-state index in [0.717, 1.165) is 12.1 Å². The Labute approximate surface area is 120 Å². The van der Waals surface area contributed by atoms with Gasteiger partial charge in [-0.2, -0.15) is 0 Å². The Kier molecular flexibility index (Phi) is 4.77. The fraction of sp³-hybridized carbons (Fsp3) is 0.235. The van der Waals surface area contributed by atoms with Gasteiger partial charge in [-0.1, -0.05) is 48.5 Å². The Morgan fingerprint density at radius 2 is 1.45 bits per heavy atom. The standard InChI is InChI=1S/C17H20N2O/c1-18(2)17(20)19(16-11-7-4-8-12-16)14-13-15-9-5-3-6-10-15/h3-12H,13-14H2,1-2H3. The average molecular weight is 268 g/mol. The Balaban J connectivity index is 2.13. The third-order valence-electron chi connectivity index (χ3n) is 3.15. The van der Waals surface area contributed by atoms with Crippen molar-refractivity contribution in [3.63, 3.8) is 0 Å². The van der Waals surface area contributed by atoms with Crippen LogP contribution in [-0.2, 0) is 6.42 Å². The van der Waals surface area contributed by atoms with E-state index in [1.54, 1.807) is 19.0 Å². The number of nitrogens with zero attached hydrogens (tertiary/aromatic N) is 2. The van der Waals surface area contributed by atoms with Gasteiger partial charge in [-0.05, 0) is 24.1 Å². The van der Waals surface area contributed by atoms with Gasteiger partial charge in [0.25, 0.3) is 0 Å². The third-order valence-corrected chi connectivity index (χ3v) is 3.15. The summed E-state index contributed by atoms with van der Waals surface area (Å²) in [5, 5.41) is 0. The number of amides is 2. The van der Waals surface area contributed by atoms with E-state index in [1.807, 2.05) is 53.4 Å². The predicted molar refractivity (Wildman–Crippen MR) is 83.0 cm³/mol. The van der Waals surface area contributed by atoms with Crippen molar-refractivity contribution in [3.8, 4) is 0 Å². The zero-order chi connectivity index (χ0) is 14.4. The van der Waals surface area contributed by atoms with Crippen LogP contribution >= 0.6 is 0 Å². The van der Waals surface area contributed by atoms with Gasteiger partial charge in [0.05, 0.1) is 0 Å². The van der Waals surface area contributed by atoms with Crippen LogP contribution in [0.1, 0.15) is 5.56 Å². The van der Waals surface area contributed by atoms with Crippen LogP contribution in [0.2, 0.25) is 0 Å². The summed E-state index contributed by atoms with van der Waals surface area (Å²) in [6, 6.07) is 20.0. The molecule has 2 rings (SSSR count). The first-order chi connectivity index (χ1) is 9.68. The lowest BCUT2D eigenvalue weighted by atomic mass is 10.1. The van der Waals surface area contributed by atoms with Crippen molar-refractivity contribution >= 4 is 11.7 Å². The number of hydrogen-bond donors (Lipinski definition) is 0. The zero-order valence-electron chi connectivity index (χ0n) is 12.0. The molecule has 0 spiro atoms. The monoisotopic (exact) mass is 268 g/mol. The molecule has 0 unspecified atom stereocenters. The smallest absolute Gasteiger partial charge is 0.323 e. The number of urea groups is 1. The molecule has 0 fully saturated rings. The second kappa shape index (κ2) is 6.75. The van der Waals surface area contributed by atoms with Crippen molar-refractivity contribution in [2.45, 2.75) is 6.42 Å². The molecule has 0 aromatic heterocycles. The number of hydrogen-bond acceptors (Lipinski definition) is 1. The van der Waals surface area contributed by atoms with E-state index >= 15 is 0 Å². The van der Waals surface area contributed by atoms with E-state index in [1.165, 1.54) is 5.56 Å². The van der Waals surface area contributed by atoms with E-state index < -0.39 is 0 Å². The highest BCUT2D eigenvalue weighted by atomic mass is 16.2. The molecule has 0 aliphatic carbocycles. The molecule has 3 nitrogen and oxygen atoms in total. The van der Waals surface area contributed by atoms with Crippen LogP contribution in [0.4, 0.5) is 10.5 Å². The van der Waals surface area contributed by atoms with Gasteiger partial charge in [0.15, 0.2) is 0 Å². The van der Waals surface area contributed by atoms with Crippen LogP contribution in [0.15, 0.2) is 60.7 Å². The Morgan fingerprint density at radius 1 is 0.900 bits per heavy atom. The van der Waals surface area contributed by atoms with Gasteiger partial charge in [-0.15, -0.1) is 0 Å². The van der Waals surface area contributed by atoms with E-state index in [0.29, 0.717) is 6.54 Å². The van der Waals surface area contributed by atoms with Gasteiger partial charge < -0.3 is 4.90 Å². The molecule has 104 valence electrons. The van der Waals surface area contributed by atoms with Crippen molar-refractivity contribution in [3.05, 3.63) is 66.2 Å². The largest absolute Gasteiger partial charge is 0.330 e. The molecule has 2 aromatic carbocycles. The quantitative estimate of drug-likeness (QED) is 0.833. The molecule has 3 heteroatoms. The summed E-state index contributed by atoms with van der Waals surface area (Å²) < 4.78 is 0. The molecule has 0 saturated carbocycles. The molecule has 20 heavy (non-hydrogen) atoms. The van der Waals surface area contributed by atoms with Crippen molar-refractivity contribution in [1.82, 2.24) is 4.90 Å². The summed E-state index contributed by atoms with van der Waals surface area (Å²) >= 11 is 0. The molecular formula is C17H20N2O. The van der Waals surface area contributed by atoms with Gasteiger partial charge in [0.2, 0.25) is 0 Å². The second-order valence-corrected chi connectivity index (χ2v) is 4.90. The lowest BCUT2D eigenvalue weighted by Crippen LogP contribution is -2.40. The summed E-state index contributed by atoms with van der Waals surface area (Å²) in [7, 11) is 3.56. The lowest BCUT2D eigenvalue weighted by Gasteiger charge is -2.26. The van der Waals surface area contributed by atoms with Gasteiger partial charge in [0.1, 0.15) is 0 Å². The lowest BCUT2D eigenvalue weighted by molar-refractivity contribution is 0.224. The Bertz CT molecular complexity index is 537. The van der Waals surface area contributed by atoms with E-state index in [9.17, 15) is 4.79 Å². The summed E-state index contributed by atoms with van der Waals surface area (Å²) in [5.74, 6) is 0. The molecule has 0 aliphatic heterocycles. The maximum absolute atomic E-state index is 12.3. The van der Waals surface area contributed by atoms with Crippen LogP contribution in [0.5, 0.6) is 0 Å². The molecule has 0 bridgehead atoms. The predicted octanol–water partition coefficient (Wildman–Crippen LogP) is 3.42. The molecular weight excluding hydrogens is 248 g/mol. The first kappa shape index (κ1) is 14.1. The number of rotatable bonds is 4. The first-order valence-electron chi connectivity index (χ1n) is 6.76. The summed E-state index contributed by atoms with van der Waals surface area (Å²) in [6.07, 6.45) is 0.843. The number of carbonyl (C=O) groups is 1. The highest BCUT2D eigenvalue weighted by molar-refractivity contribution is 5.91. The fourth-order valence-corrected chi connectivity index (χ4v) is 2.07. The van der Waals surface area contributed by atoms with Gasteiger partial charge in [-0.25, -0.2) is 4.79 Å². The van der Waals surface area contributed by atoms with Crippen molar-refractivity contribution in [1.29, 1.82) is 0 Å². The first-order valence-corrected chi connectivity index (χ1v) is 6.76. The average Bonchev–Trinajstić information content (AvgIpc) is 2.49. The zero-order valence-corrected chi connectivity index (χ0v) is 12.0. The maximum atomic E-state index is 12.3. The highest BCUT2D eigenvalue weighted by Gasteiger charge is 2.16. The normalized spacial score (nSPS) is 10.1. The molecule has 0 atom stereocenters. The second-order valence-electron chi connectivity index (χ2n) is 4.90. The molecule has 0 N–H and O–H groups in total. The number of carbonyl (C=O) groups excluding carboxylic acids is 1. The van der Waals surface area contributed by atoms with E-state index in [4.69, 9.17) is 0 Å². The van der Waals surface area contributed by atoms with Gasteiger partial charge >= 0.3 is 6.03 Å². The summed E-state index contributed by atoms with van der Waals surface area (Å²) in [5.41, 5.74) is 2.17. The van der Waals surface area contributed by atoms with Crippen molar-refractivity contribution < 1.29 is 4.79 Å². The number of para-hydroxylation sites is 1. The highest BCUT2D eigenvalue weighted by Crippen LogP contribution is 2.15. The van der Waals surface area contributed by atoms with Gasteiger partial charge in [-0.3, -0.25) is 4.90 Å². The SMILES string of the molecule is CN(C)C(=O)N(CCc1ccccc1)c1ccccc1. The Hall–Kier alpha value is -2.29. The van der Waals surface area contributed by atoms with Crippen LogP contribution in [0.3, 0.4) is 0 Å². The molecule has 0 aliphatic rings. The van der Waals surface area contributed by atoms with E-state index in [2.05, 4.69) is 12.1 Å². The van der Waals surface area contributed by atoms with Crippen LogP contribution in [0, 0.1) is 0 Å². The minimum atomic E-state index is 0.00660. The Morgan fingerprint density at radius 3 is 2.00 bits per heavy atom. The van der Waals surface area contributed by atoms with Crippen molar-refractivity contribution in [2.75, 3.05) is 25.5 Å². The third kappa shape index (κ3) is 3.60. The van der Waals surface area contributed by atoms with Crippen LogP contribution in [-0.4, -0.2) is 31.6 Å². The molecule has 0 saturated heterocycles. The number of benzene rings is 2. The fourth-order valence-electron chi connectivity index (χ4n) is 2.07. The van der Waals surface area contributed by atoms with Gasteiger partial charge in [0, 0.05) is 26.3 Å². The number of anilines is 1.